The maximum atomic E-state index is 6.91. The van der Waals surface area contributed by atoms with E-state index in [9.17, 15) is 0 Å². The molecule has 100 valence electrons. The maximum absolute atomic E-state index is 6.91. The van der Waals surface area contributed by atoms with Crippen molar-refractivity contribution in [2.24, 2.45) is 0 Å². The van der Waals surface area contributed by atoms with E-state index in [0.717, 1.165) is 43.3 Å². The first-order valence-corrected chi connectivity index (χ1v) is 6.48. The van der Waals surface area contributed by atoms with Crippen molar-refractivity contribution >= 4 is 11.6 Å². The van der Waals surface area contributed by atoms with Crippen molar-refractivity contribution in [1.82, 2.24) is 20.3 Å². The van der Waals surface area contributed by atoms with Crippen molar-refractivity contribution in [2.45, 2.75) is 0 Å². The normalized spacial score (nSPS) is 14.8. The van der Waals surface area contributed by atoms with Gasteiger partial charge in [-0.25, -0.2) is 4.98 Å². The molecule has 0 amide bonds. The Labute approximate surface area is 117 Å². The van der Waals surface area contributed by atoms with Crippen molar-refractivity contribution in [1.29, 1.82) is 0 Å². The van der Waals surface area contributed by atoms with Gasteiger partial charge in [-0.2, -0.15) is 0 Å². The summed E-state index contributed by atoms with van der Waals surface area (Å²) in [5.41, 5.74) is 1.66. The molecule has 2 aromatic heterocycles. The second-order valence-corrected chi connectivity index (χ2v) is 4.52. The quantitative estimate of drug-likeness (QED) is 0.835. The summed E-state index contributed by atoms with van der Waals surface area (Å²) in [6.45, 7) is 10.7. The van der Waals surface area contributed by atoms with Gasteiger partial charge in [-0.15, -0.1) is 4.98 Å². The number of hydrogen-bond acceptors (Lipinski definition) is 5. The zero-order chi connectivity index (χ0) is 13.8. The van der Waals surface area contributed by atoms with Gasteiger partial charge >= 0.3 is 0 Å². The van der Waals surface area contributed by atoms with Crippen LogP contribution in [-0.2, 0) is 0 Å². The van der Waals surface area contributed by atoms with E-state index < -0.39 is 0 Å². The third-order valence-corrected chi connectivity index (χ3v) is 3.22. The molecule has 0 atom stereocenters. The van der Waals surface area contributed by atoms with Crippen LogP contribution < -0.4 is 10.2 Å². The molecule has 3 rings (SSSR count). The van der Waals surface area contributed by atoms with Crippen molar-refractivity contribution in [2.75, 3.05) is 31.1 Å². The summed E-state index contributed by atoms with van der Waals surface area (Å²) in [7, 11) is 0. The molecular weight excluding hydrogens is 252 g/mol. The highest BCUT2D eigenvalue weighted by molar-refractivity contribution is 5.60. The molecule has 0 saturated carbocycles. The van der Waals surface area contributed by atoms with Crippen molar-refractivity contribution < 1.29 is 0 Å². The molecule has 0 aliphatic carbocycles. The molecule has 1 N–H and O–H groups in total. The summed E-state index contributed by atoms with van der Waals surface area (Å²) in [6.07, 6.45) is 5.18. The molecule has 1 fully saturated rings. The zero-order valence-electron chi connectivity index (χ0n) is 11.0. The Morgan fingerprint density at radius 2 is 2.00 bits per heavy atom. The first-order valence-electron chi connectivity index (χ1n) is 6.48. The highest BCUT2D eigenvalue weighted by Crippen LogP contribution is 2.20. The molecule has 6 nitrogen and oxygen atoms in total. The van der Waals surface area contributed by atoms with Gasteiger partial charge in [0, 0.05) is 31.7 Å². The molecule has 0 aromatic carbocycles. The van der Waals surface area contributed by atoms with Crippen LogP contribution in [0.15, 0.2) is 30.7 Å². The van der Waals surface area contributed by atoms with E-state index in [1.165, 1.54) is 0 Å². The van der Waals surface area contributed by atoms with Gasteiger partial charge in [0.15, 0.2) is 0 Å². The van der Waals surface area contributed by atoms with Gasteiger partial charge in [0.1, 0.15) is 12.0 Å². The predicted molar refractivity (Wildman–Crippen MR) is 76.6 cm³/mol. The number of hydrogen-bond donors (Lipinski definition) is 1. The van der Waals surface area contributed by atoms with Crippen molar-refractivity contribution in [3.8, 4) is 11.3 Å². The van der Waals surface area contributed by atoms with Gasteiger partial charge in [0.05, 0.1) is 18.1 Å². The Morgan fingerprint density at radius 1 is 1.15 bits per heavy atom. The molecule has 0 bridgehead atoms. The first-order chi connectivity index (χ1) is 9.86. The summed E-state index contributed by atoms with van der Waals surface area (Å²) in [5, 5.41) is 3.32. The average molecular weight is 266 g/mol. The van der Waals surface area contributed by atoms with Crippen LogP contribution in [0, 0.1) is 6.57 Å². The molecule has 2 aromatic rings. The minimum atomic E-state index is 0.389. The third kappa shape index (κ3) is 2.58. The molecule has 20 heavy (non-hydrogen) atoms. The fourth-order valence-corrected chi connectivity index (χ4v) is 2.14. The van der Waals surface area contributed by atoms with E-state index >= 15 is 0 Å². The molecular formula is C14H14N6. The standard InChI is InChI=1S/C14H14N6/c1-15-13-3-2-11(8-18-13)12-9-17-10-14(19-12)20-6-4-16-5-7-20/h2-3,8-10,16H,4-7H2. The summed E-state index contributed by atoms with van der Waals surface area (Å²) in [5.74, 6) is 1.28. The number of nitrogens with zero attached hydrogens (tertiary/aromatic N) is 5. The highest BCUT2D eigenvalue weighted by Gasteiger charge is 2.13. The van der Waals surface area contributed by atoms with E-state index in [4.69, 9.17) is 6.57 Å². The van der Waals surface area contributed by atoms with Crippen LogP contribution in [0.4, 0.5) is 11.6 Å². The summed E-state index contributed by atoms with van der Waals surface area (Å²) >= 11 is 0. The second-order valence-electron chi connectivity index (χ2n) is 4.52. The summed E-state index contributed by atoms with van der Waals surface area (Å²) in [4.78, 5) is 18.5. The van der Waals surface area contributed by atoms with Crippen LogP contribution in [0.25, 0.3) is 16.1 Å². The van der Waals surface area contributed by atoms with Crippen LogP contribution in [0.1, 0.15) is 0 Å². The molecule has 0 spiro atoms. The van der Waals surface area contributed by atoms with Gasteiger partial charge in [0.2, 0.25) is 0 Å². The van der Waals surface area contributed by atoms with Crippen molar-refractivity contribution in [3.05, 3.63) is 42.1 Å². The van der Waals surface area contributed by atoms with Gasteiger partial charge < -0.3 is 15.1 Å². The number of pyridine rings is 1. The van der Waals surface area contributed by atoms with Crippen LogP contribution in [0.5, 0.6) is 0 Å². The monoisotopic (exact) mass is 266 g/mol. The zero-order valence-corrected chi connectivity index (χ0v) is 11.0. The molecule has 3 heterocycles. The average Bonchev–Trinajstić information content (AvgIpc) is 2.56. The summed E-state index contributed by atoms with van der Waals surface area (Å²) < 4.78 is 0. The Bertz CT molecular complexity index is 625. The van der Waals surface area contributed by atoms with E-state index in [1.54, 1.807) is 24.7 Å². The van der Waals surface area contributed by atoms with Gasteiger partial charge in [0.25, 0.3) is 5.82 Å². The molecule has 0 unspecified atom stereocenters. The Kier molecular flexibility index (Phi) is 3.52. The van der Waals surface area contributed by atoms with Crippen LogP contribution in [-0.4, -0.2) is 41.1 Å². The topological polar surface area (TPSA) is 58.3 Å². The Morgan fingerprint density at radius 3 is 2.70 bits per heavy atom. The fraction of sp³-hybridized carbons (Fsp3) is 0.286. The number of anilines is 1. The maximum Gasteiger partial charge on any atom is 0.269 e. The predicted octanol–water partition coefficient (Wildman–Crippen LogP) is 1.50. The number of aromatic nitrogens is 3. The van der Waals surface area contributed by atoms with E-state index in [-0.39, 0.29) is 0 Å². The first kappa shape index (κ1) is 12.5. The Hall–Kier alpha value is -2.52. The largest absolute Gasteiger partial charge is 0.361 e. The molecule has 1 aliphatic heterocycles. The fourth-order valence-electron chi connectivity index (χ4n) is 2.14. The lowest BCUT2D eigenvalue weighted by Gasteiger charge is -2.28. The lowest BCUT2D eigenvalue weighted by Crippen LogP contribution is -2.43. The number of piperazine rings is 1. The molecule has 0 radical (unpaired) electrons. The summed E-state index contributed by atoms with van der Waals surface area (Å²) in [6, 6.07) is 3.55. The molecule has 1 saturated heterocycles. The van der Waals surface area contributed by atoms with Gasteiger partial charge in [-0.3, -0.25) is 4.98 Å². The van der Waals surface area contributed by atoms with Crippen LogP contribution in [0.2, 0.25) is 0 Å². The van der Waals surface area contributed by atoms with Crippen LogP contribution >= 0.6 is 0 Å². The molecule has 1 aliphatic rings. The van der Waals surface area contributed by atoms with E-state index in [2.05, 4.69) is 30.0 Å². The lowest BCUT2D eigenvalue weighted by molar-refractivity contribution is 0.584. The second kappa shape index (κ2) is 5.63. The number of nitrogens with one attached hydrogen (secondary N) is 1. The van der Waals surface area contributed by atoms with Gasteiger partial charge in [-0.1, -0.05) is 12.6 Å². The van der Waals surface area contributed by atoms with Gasteiger partial charge in [-0.05, 0) is 6.07 Å². The highest BCUT2D eigenvalue weighted by atomic mass is 15.2. The van der Waals surface area contributed by atoms with Crippen molar-refractivity contribution in [3.63, 3.8) is 0 Å². The third-order valence-electron chi connectivity index (χ3n) is 3.22. The van der Waals surface area contributed by atoms with E-state index in [1.807, 2.05) is 6.07 Å². The minimum absolute atomic E-state index is 0.389. The number of rotatable bonds is 2. The SMILES string of the molecule is [C-]#[N+]c1ccc(-c2cncc(N3CCNCC3)n2)cn1. The molecule has 6 heteroatoms. The lowest BCUT2D eigenvalue weighted by atomic mass is 10.2. The van der Waals surface area contributed by atoms with E-state index in [0.29, 0.717) is 5.82 Å². The van der Waals surface area contributed by atoms with Crippen LogP contribution in [0.3, 0.4) is 0 Å². The minimum Gasteiger partial charge on any atom is -0.361 e. The Balaban J connectivity index is 1.88. The smallest absolute Gasteiger partial charge is 0.269 e.